The average molecular weight is 356 g/mol. The van der Waals surface area contributed by atoms with Gasteiger partial charge in [-0.1, -0.05) is 42.5 Å². The monoisotopic (exact) mass is 356 g/mol. The zero-order valence-electron chi connectivity index (χ0n) is 14.8. The molecule has 0 radical (unpaired) electrons. The molecular formula is C23H20N2O2. The molecule has 1 fully saturated rings. The van der Waals surface area contributed by atoms with Gasteiger partial charge in [-0.05, 0) is 60.4 Å². The van der Waals surface area contributed by atoms with Gasteiger partial charge in [-0.3, -0.25) is 9.59 Å². The van der Waals surface area contributed by atoms with Crippen molar-refractivity contribution in [3.63, 3.8) is 0 Å². The maximum Gasteiger partial charge on any atom is 0.255 e. The molecule has 1 aliphatic carbocycles. The Morgan fingerprint density at radius 3 is 1.85 bits per heavy atom. The Kier molecular flexibility index (Phi) is 4.71. The molecule has 0 atom stereocenters. The molecule has 3 aromatic carbocycles. The number of carbonyl (C=O) groups is 2. The third-order valence-corrected chi connectivity index (χ3v) is 4.57. The molecule has 3 aromatic rings. The molecule has 0 aromatic heterocycles. The fourth-order valence-electron chi connectivity index (χ4n) is 2.85. The van der Waals surface area contributed by atoms with E-state index in [1.54, 1.807) is 24.3 Å². The van der Waals surface area contributed by atoms with Crippen LogP contribution in [0.1, 0.15) is 33.6 Å². The first kappa shape index (κ1) is 17.0. The normalized spacial score (nSPS) is 13.0. The summed E-state index contributed by atoms with van der Waals surface area (Å²) in [6.07, 6.45) is 2.12. The summed E-state index contributed by atoms with van der Waals surface area (Å²) in [6.45, 7) is 0. The second-order valence-electron chi connectivity index (χ2n) is 6.72. The van der Waals surface area contributed by atoms with Gasteiger partial charge >= 0.3 is 0 Å². The van der Waals surface area contributed by atoms with Gasteiger partial charge in [0.2, 0.25) is 0 Å². The van der Waals surface area contributed by atoms with Crippen LogP contribution in [0.5, 0.6) is 0 Å². The molecule has 0 bridgehead atoms. The summed E-state index contributed by atoms with van der Waals surface area (Å²) in [5.41, 5.74) is 4.04. The number of hydrogen-bond donors (Lipinski definition) is 2. The fraction of sp³-hybridized carbons (Fsp3) is 0.130. The number of nitrogens with one attached hydrogen (secondary N) is 2. The molecule has 1 aliphatic rings. The Labute approximate surface area is 158 Å². The molecule has 0 spiro atoms. The van der Waals surface area contributed by atoms with E-state index in [0.29, 0.717) is 22.9 Å². The van der Waals surface area contributed by atoms with Crippen LogP contribution in [-0.4, -0.2) is 17.9 Å². The van der Waals surface area contributed by atoms with E-state index in [9.17, 15) is 9.59 Å². The average Bonchev–Trinajstić information content (AvgIpc) is 3.53. The Hall–Kier alpha value is -3.40. The van der Waals surface area contributed by atoms with E-state index in [-0.39, 0.29) is 11.8 Å². The molecule has 134 valence electrons. The van der Waals surface area contributed by atoms with Gasteiger partial charge in [0.05, 0.1) is 0 Å². The number of hydrogen-bond acceptors (Lipinski definition) is 2. The molecule has 4 nitrogen and oxygen atoms in total. The zero-order chi connectivity index (χ0) is 18.6. The molecule has 0 saturated heterocycles. The van der Waals surface area contributed by atoms with Crippen LogP contribution in [0.25, 0.3) is 11.1 Å². The predicted molar refractivity (Wildman–Crippen MR) is 107 cm³/mol. The topological polar surface area (TPSA) is 58.2 Å². The molecule has 1 saturated carbocycles. The van der Waals surface area contributed by atoms with Crippen LogP contribution in [0.3, 0.4) is 0 Å². The van der Waals surface area contributed by atoms with Crippen LogP contribution < -0.4 is 10.6 Å². The minimum absolute atomic E-state index is 0.0631. The third kappa shape index (κ3) is 4.23. The molecule has 0 aliphatic heterocycles. The van der Waals surface area contributed by atoms with Crippen LogP contribution in [-0.2, 0) is 0 Å². The van der Waals surface area contributed by atoms with Crippen molar-refractivity contribution in [2.24, 2.45) is 0 Å². The summed E-state index contributed by atoms with van der Waals surface area (Å²) in [4.78, 5) is 24.4. The highest BCUT2D eigenvalue weighted by Crippen LogP contribution is 2.21. The van der Waals surface area contributed by atoms with Gasteiger partial charge in [-0.25, -0.2) is 0 Å². The largest absolute Gasteiger partial charge is 0.349 e. The van der Waals surface area contributed by atoms with Crippen molar-refractivity contribution in [2.75, 3.05) is 5.32 Å². The molecule has 27 heavy (non-hydrogen) atoms. The molecule has 2 amide bonds. The van der Waals surface area contributed by atoms with Crippen LogP contribution >= 0.6 is 0 Å². The Bertz CT molecular complexity index is 944. The number of amides is 2. The second-order valence-corrected chi connectivity index (χ2v) is 6.72. The molecule has 0 unspecified atom stereocenters. The Balaban J connectivity index is 1.40. The first-order chi connectivity index (χ1) is 13.2. The van der Waals surface area contributed by atoms with E-state index in [1.165, 1.54) is 0 Å². The second kappa shape index (κ2) is 7.46. The van der Waals surface area contributed by atoms with Crippen molar-refractivity contribution in [3.8, 4) is 11.1 Å². The van der Waals surface area contributed by atoms with Crippen molar-refractivity contribution >= 4 is 17.5 Å². The minimum Gasteiger partial charge on any atom is -0.349 e. The molecule has 2 N–H and O–H groups in total. The number of rotatable bonds is 5. The number of carbonyl (C=O) groups excluding carboxylic acids is 2. The quantitative estimate of drug-likeness (QED) is 0.707. The Morgan fingerprint density at radius 1 is 0.667 bits per heavy atom. The molecule has 4 rings (SSSR count). The van der Waals surface area contributed by atoms with Crippen LogP contribution in [0.15, 0.2) is 78.9 Å². The summed E-state index contributed by atoms with van der Waals surface area (Å²) in [7, 11) is 0. The minimum atomic E-state index is -0.176. The molecular weight excluding hydrogens is 336 g/mol. The lowest BCUT2D eigenvalue weighted by atomic mass is 10.0. The van der Waals surface area contributed by atoms with E-state index >= 15 is 0 Å². The lowest BCUT2D eigenvalue weighted by Crippen LogP contribution is -2.25. The van der Waals surface area contributed by atoms with Gasteiger partial charge in [-0.15, -0.1) is 0 Å². The summed E-state index contributed by atoms with van der Waals surface area (Å²) < 4.78 is 0. The maximum atomic E-state index is 12.4. The van der Waals surface area contributed by atoms with E-state index in [4.69, 9.17) is 0 Å². The van der Waals surface area contributed by atoms with Crippen LogP contribution in [0.2, 0.25) is 0 Å². The predicted octanol–water partition coefficient (Wildman–Crippen LogP) is 4.50. The number of anilines is 1. The number of benzene rings is 3. The maximum absolute atomic E-state index is 12.4. The van der Waals surface area contributed by atoms with E-state index in [1.807, 2.05) is 54.6 Å². The fourth-order valence-corrected chi connectivity index (χ4v) is 2.85. The Morgan fingerprint density at radius 2 is 1.22 bits per heavy atom. The lowest BCUT2D eigenvalue weighted by Gasteiger charge is -2.08. The molecule has 0 heterocycles. The van der Waals surface area contributed by atoms with Gasteiger partial charge < -0.3 is 10.6 Å². The van der Waals surface area contributed by atoms with Gasteiger partial charge in [-0.2, -0.15) is 0 Å². The standard InChI is InChI=1S/C23H20N2O2/c26-22(18-8-6-17(7-9-18)16-4-2-1-3-5-16)24-20-12-10-19(11-13-20)23(27)25-21-14-15-21/h1-13,21H,14-15H2,(H,24,26)(H,25,27). The lowest BCUT2D eigenvalue weighted by molar-refractivity contribution is 0.0950. The van der Waals surface area contributed by atoms with E-state index in [2.05, 4.69) is 10.6 Å². The van der Waals surface area contributed by atoms with Crippen LogP contribution in [0, 0.1) is 0 Å². The van der Waals surface area contributed by atoms with Crippen LogP contribution in [0.4, 0.5) is 5.69 Å². The molecule has 4 heteroatoms. The smallest absolute Gasteiger partial charge is 0.255 e. The van der Waals surface area contributed by atoms with Crippen molar-refractivity contribution < 1.29 is 9.59 Å². The van der Waals surface area contributed by atoms with Crippen molar-refractivity contribution in [1.82, 2.24) is 5.32 Å². The van der Waals surface area contributed by atoms with Gasteiger partial charge in [0.1, 0.15) is 0 Å². The van der Waals surface area contributed by atoms with E-state index < -0.39 is 0 Å². The zero-order valence-corrected chi connectivity index (χ0v) is 14.8. The first-order valence-electron chi connectivity index (χ1n) is 9.07. The highest BCUT2D eigenvalue weighted by molar-refractivity contribution is 6.04. The first-order valence-corrected chi connectivity index (χ1v) is 9.07. The third-order valence-electron chi connectivity index (χ3n) is 4.57. The van der Waals surface area contributed by atoms with Crippen molar-refractivity contribution in [1.29, 1.82) is 0 Å². The highest BCUT2D eigenvalue weighted by atomic mass is 16.2. The van der Waals surface area contributed by atoms with E-state index in [0.717, 1.165) is 24.0 Å². The van der Waals surface area contributed by atoms with Gasteiger partial charge in [0, 0.05) is 22.9 Å². The summed E-state index contributed by atoms with van der Waals surface area (Å²) >= 11 is 0. The highest BCUT2D eigenvalue weighted by Gasteiger charge is 2.23. The summed E-state index contributed by atoms with van der Waals surface area (Å²) in [6, 6.07) is 24.8. The van der Waals surface area contributed by atoms with Gasteiger partial charge in [0.15, 0.2) is 0 Å². The summed E-state index contributed by atoms with van der Waals surface area (Å²) in [5.74, 6) is -0.239. The van der Waals surface area contributed by atoms with Crippen molar-refractivity contribution in [3.05, 3.63) is 90.0 Å². The van der Waals surface area contributed by atoms with Gasteiger partial charge in [0.25, 0.3) is 11.8 Å². The SMILES string of the molecule is O=C(Nc1ccc(C(=O)NC2CC2)cc1)c1ccc(-c2ccccc2)cc1. The summed E-state index contributed by atoms with van der Waals surface area (Å²) in [5, 5.41) is 5.81. The van der Waals surface area contributed by atoms with Crippen molar-refractivity contribution in [2.45, 2.75) is 18.9 Å².